The molecule has 0 spiro atoms. The van der Waals surface area contributed by atoms with Gasteiger partial charge < -0.3 is 10.1 Å². The highest BCUT2D eigenvalue weighted by molar-refractivity contribution is 6.33. The van der Waals surface area contributed by atoms with E-state index in [4.69, 9.17) is 16.3 Å². The van der Waals surface area contributed by atoms with Crippen molar-refractivity contribution < 1.29 is 19.2 Å². The van der Waals surface area contributed by atoms with Crippen molar-refractivity contribution in [2.75, 3.05) is 13.2 Å². The second-order valence-corrected chi connectivity index (χ2v) is 6.21. The number of benzene rings is 1. The van der Waals surface area contributed by atoms with Crippen LogP contribution in [0.15, 0.2) is 18.2 Å². The Morgan fingerprint density at radius 3 is 2.62 bits per heavy atom. The zero-order valence-electron chi connectivity index (χ0n) is 13.1. The minimum atomic E-state index is -0.789. The average molecular weight is 355 g/mol. The van der Waals surface area contributed by atoms with Gasteiger partial charge in [0.25, 0.3) is 11.6 Å². The van der Waals surface area contributed by atoms with E-state index in [0.717, 1.165) is 25.0 Å². The lowest BCUT2D eigenvalue weighted by Crippen LogP contribution is -2.33. The molecule has 7 nitrogen and oxygen atoms in total. The molecule has 0 aromatic heterocycles. The highest BCUT2D eigenvalue weighted by atomic mass is 35.5. The number of hydrogen-bond acceptors (Lipinski definition) is 5. The number of esters is 1. The number of nitrogens with one attached hydrogen (secondary N) is 1. The van der Waals surface area contributed by atoms with Crippen LogP contribution < -0.4 is 5.32 Å². The van der Waals surface area contributed by atoms with E-state index in [-0.39, 0.29) is 22.2 Å². The number of non-ortho nitro benzene ring substituents is 1. The van der Waals surface area contributed by atoms with Crippen LogP contribution in [0.1, 0.15) is 42.5 Å². The number of carbonyl (C=O) groups excluding carboxylic acids is 2. The Hall–Kier alpha value is -2.15. The maximum Gasteiger partial charge on any atom is 0.340 e. The third-order valence-electron chi connectivity index (χ3n) is 4.03. The van der Waals surface area contributed by atoms with Crippen LogP contribution >= 0.6 is 11.6 Å². The molecule has 1 aromatic rings. The van der Waals surface area contributed by atoms with Gasteiger partial charge in [-0.15, -0.1) is 0 Å². The number of halogens is 1. The summed E-state index contributed by atoms with van der Waals surface area (Å²) in [4.78, 5) is 33.7. The second-order valence-electron chi connectivity index (χ2n) is 5.81. The van der Waals surface area contributed by atoms with Gasteiger partial charge in [0.05, 0.1) is 15.5 Å². The maximum atomic E-state index is 11.9. The number of carbonyl (C=O) groups is 2. The maximum absolute atomic E-state index is 11.9. The first-order chi connectivity index (χ1) is 11.5. The summed E-state index contributed by atoms with van der Waals surface area (Å²) >= 11 is 5.84. The molecule has 1 amide bonds. The Morgan fingerprint density at radius 1 is 1.29 bits per heavy atom. The first-order valence-corrected chi connectivity index (χ1v) is 8.23. The SMILES string of the molecule is O=C(COC(=O)c1ccc([N+](=O)[O-])cc1Cl)NCC1CCCCC1. The molecular formula is C16H19ClN2O5. The third kappa shape index (κ3) is 5.19. The lowest BCUT2D eigenvalue weighted by atomic mass is 9.89. The summed E-state index contributed by atoms with van der Waals surface area (Å²) in [7, 11) is 0. The number of amides is 1. The summed E-state index contributed by atoms with van der Waals surface area (Å²) in [6, 6.07) is 3.44. The van der Waals surface area contributed by atoms with E-state index >= 15 is 0 Å². The summed E-state index contributed by atoms with van der Waals surface area (Å²) in [5.74, 6) is -0.669. The minimum Gasteiger partial charge on any atom is -0.452 e. The molecule has 130 valence electrons. The van der Waals surface area contributed by atoms with E-state index in [9.17, 15) is 19.7 Å². The Bertz CT molecular complexity index is 629. The molecule has 0 aliphatic heterocycles. The molecule has 0 atom stereocenters. The van der Waals surface area contributed by atoms with Crippen molar-refractivity contribution in [2.45, 2.75) is 32.1 Å². The third-order valence-corrected chi connectivity index (χ3v) is 4.34. The van der Waals surface area contributed by atoms with Crippen molar-refractivity contribution in [3.05, 3.63) is 38.9 Å². The molecule has 0 radical (unpaired) electrons. The number of nitro benzene ring substituents is 1. The smallest absolute Gasteiger partial charge is 0.340 e. The highest BCUT2D eigenvalue weighted by Crippen LogP contribution is 2.23. The molecule has 1 aliphatic carbocycles. The van der Waals surface area contributed by atoms with Gasteiger partial charge in [0.15, 0.2) is 6.61 Å². The molecule has 2 rings (SSSR count). The van der Waals surface area contributed by atoms with Gasteiger partial charge >= 0.3 is 5.97 Å². The zero-order valence-corrected chi connectivity index (χ0v) is 13.9. The molecule has 1 aromatic carbocycles. The number of rotatable bonds is 6. The van der Waals surface area contributed by atoms with Gasteiger partial charge in [-0.2, -0.15) is 0 Å². The van der Waals surface area contributed by atoms with Crippen LogP contribution in [-0.4, -0.2) is 30.0 Å². The van der Waals surface area contributed by atoms with Gasteiger partial charge in [0, 0.05) is 18.7 Å². The van der Waals surface area contributed by atoms with E-state index < -0.39 is 17.5 Å². The number of nitro groups is 1. The van der Waals surface area contributed by atoms with Crippen molar-refractivity contribution in [3.8, 4) is 0 Å². The summed E-state index contributed by atoms with van der Waals surface area (Å²) < 4.78 is 4.91. The molecule has 1 N–H and O–H groups in total. The lowest BCUT2D eigenvalue weighted by Gasteiger charge is -2.21. The molecule has 8 heteroatoms. The number of nitrogens with zero attached hydrogens (tertiary/aromatic N) is 1. The minimum absolute atomic E-state index is 0.0117. The van der Waals surface area contributed by atoms with Gasteiger partial charge in [-0.05, 0) is 24.8 Å². The fourth-order valence-corrected chi connectivity index (χ4v) is 2.94. The largest absolute Gasteiger partial charge is 0.452 e. The molecule has 24 heavy (non-hydrogen) atoms. The Labute approximate surface area is 144 Å². The number of hydrogen-bond donors (Lipinski definition) is 1. The molecular weight excluding hydrogens is 336 g/mol. The fraction of sp³-hybridized carbons (Fsp3) is 0.500. The van der Waals surface area contributed by atoms with Crippen LogP contribution in [0.4, 0.5) is 5.69 Å². The summed E-state index contributed by atoms with van der Waals surface area (Å²) in [6.45, 7) is 0.188. The van der Waals surface area contributed by atoms with E-state index in [2.05, 4.69) is 5.32 Å². The predicted octanol–water partition coefficient (Wildman–Crippen LogP) is 3.10. The van der Waals surface area contributed by atoms with Crippen molar-refractivity contribution in [1.82, 2.24) is 5.32 Å². The lowest BCUT2D eigenvalue weighted by molar-refractivity contribution is -0.384. The molecule has 0 saturated heterocycles. The Balaban J connectivity index is 1.79. The Kier molecular flexibility index (Phi) is 6.54. The molecule has 1 saturated carbocycles. The topological polar surface area (TPSA) is 98.5 Å². The van der Waals surface area contributed by atoms with E-state index in [1.807, 2.05) is 0 Å². The van der Waals surface area contributed by atoms with Crippen LogP contribution in [0, 0.1) is 16.0 Å². The molecule has 1 aliphatic rings. The fourth-order valence-electron chi connectivity index (χ4n) is 2.69. The van der Waals surface area contributed by atoms with Crippen molar-refractivity contribution >= 4 is 29.2 Å². The quantitative estimate of drug-likeness (QED) is 0.480. The summed E-state index contributed by atoms with van der Waals surface area (Å²) in [6.07, 6.45) is 5.84. The number of ether oxygens (including phenoxy) is 1. The summed E-state index contributed by atoms with van der Waals surface area (Å²) in [5, 5.41) is 13.3. The highest BCUT2D eigenvalue weighted by Gasteiger charge is 2.18. The second kappa shape index (κ2) is 8.63. The van der Waals surface area contributed by atoms with Crippen LogP contribution in [-0.2, 0) is 9.53 Å². The van der Waals surface area contributed by atoms with Crippen molar-refractivity contribution in [3.63, 3.8) is 0 Å². The predicted molar refractivity (Wildman–Crippen MR) is 88.0 cm³/mol. The van der Waals surface area contributed by atoms with Gasteiger partial charge in [-0.1, -0.05) is 30.9 Å². The summed E-state index contributed by atoms with van der Waals surface area (Å²) in [5.41, 5.74) is -0.232. The van der Waals surface area contributed by atoms with Crippen molar-refractivity contribution in [1.29, 1.82) is 0 Å². The average Bonchev–Trinajstić information content (AvgIpc) is 2.58. The van der Waals surface area contributed by atoms with Gasteiger partial charge in [0.1, 0.15) is 0 Å². The van der Waals surface area contributed by atoms with Crippen LogP contribution in [0.3, 0.4) is 0 Å². The van der Waals surface area contributed by atoms with E-state index in [1.165, 1.54) is 25.3 Å². The van der Waals surface area contributed by atoms with Gasteiger partial charge in [-0.25, -0.2) is 4.79 Å². The van der Waals surface area contributed by atoms with Crippen LogP contribution in [0.2, 0.25) is 5.02 Å². The molecule has 0 unspecified atom stereocenters. The molecule has 0 heterocycles. The van der Waals surface area contributed by atoms with Crippen LogP contribution in [0.5, 0.6) is 0 Å². The van der Waals surface area contributed by atoms with Gasteiger partial charge in [0.2, 0.25) is 0 Å². The Morgan fingerprint density at radius 2 is 2.00 bits per heavy atom. The van der Waals surface area contributed by atoms with E-state index in [0.29, 0.717) is 12.5 Å². The monoisotopic (exact) mass is 354 g/mol. The normalized spacial score (nSPS) is 14.9. The van der Waals surface area contributed by atoms with Gasteiger partial charge in [-0.3, -0.25) is 14.9 Å². The first-order valence-electron chi connectivity index (χ1n) is 7.85. The standard InChI is InChI=1S/C16H19ClN2O5/c17-14-8-12(19(22)23)6-7-13(14)16(21)24-10-15(20)18-9-11-4-2-1-3-5-11/h6-8,11H,1-5,9-10H2,(H,18,20). The first kappa shape index (κ1) is 18.2. The van der Waals surface area contributed by atoms with E-state index in [1.54, 1.807) is 0 Å². The molecule has 0 bridgehead atoms. The zero-order chi connectivity index (χ0) is 17.5. The molecule has 1 fully saturated rings. The van der Waals surface area contributed by atoms with Crippen LogP contribution in [0.25, 0.3) is 0 Å². The van der Waals surface area contributed by atoms with Crippen molar-refractivity contribution in [2.24, 2.45) is 5.92 Å².